The highest BCUT2D eigenvalue weighted by atomic mass is 15.3. The monoisotopic (exact) mass is 222 g/mol. The van der Waals surface area contributed by atoms with Crippen molar-refractivity contribution in [1.29, 1.82) is 0 Å². The molecular formula is C12H22N4. The van der Waals surface area contributed by atoms with E-state index in [1.165, 1.54) is 11.4 Å². The molecular weight excluding hydrogens is 200 g/mol. The first-order chi connectivity index (χ1) is 7.63. The zero-order valence-corrected chi connectivity index (χ0v) is 10.5. The minimum absolute atomic E-state index is 0.387. The predicted octanol–water partition coefficient (Wildman–Crippen LogP) is 1.45. The van der Waals surface area contributed by atoms with Crippen LogP contribution in [0.2, 0.25) is 0 Å². The van der Waals surface area contributed by atoms with Crippen molar-refractivity contribution in [2.24, 2.45) is 5.73 Å². The minimum Gasteiger partial charge on any atom is -0.368 e. The fraction of sp³-hybridized carbons (Fsp3) is 0.750. The summed E-state index contributed by atoms with van der Waals surface area (Å²) < 4.78 is 2.08. The molecule has 0 unspecified atom stereocenters. The van der Waals surface area contributed by atoms with Gasteiger partial charge in [-0.2, -0.15) is 5.10 Å². The Balaban J connectivity index is 2.23. The number of anilines is 1. The van der Waals surface area contributed by atoms with E-state index in [-0.39, 0.29) is 0 Å². The molecule has 0 aliphatic carbocycles. The van der Waals surface area contributed by atoms with Gasteiger partial charge >= 0.3 is 0 Å². The van der Waals surface area contributed by atoms with Gasteiger partial charge in [-0.25, -0.2) is 0 Å². The van der Waals surface area contributed by atoms with E-state index in [1.54, 1.807) is 0 Å². The second-order valence-corrected chi connectivity index (χ2v) is 4.66. The van der Waals surface area contributed by atoms with Gasteiger partial charge in [-0.05, 0) is 33.6 Å². The van der Waals surface area contributed by atoms with Crippen LogP contribution < -0.4 is 10.6 Å². The SMILES string of the molecule is CCn1nc(C)c(N2CCC(N)CC2)c1C. The van der Waals surface area contributed by atoms with E-state index in [0.29, 0.717) is 6.04 Å². The summed E-state index contributed by atoms with van der Waals surface area (Å²) >= 11 is 0. The van der Waals surface area contributed by atoms with Gasteiger partial charge in [-0.1, -0.05) is 0 Å². The molecule has 1 aliphatic rings. The molecule has 1 fully saturated rings. The van der Waals surface area contributed by atoms with Gasteiger partial charge in [0, 0.05) is 25.7 Å². The van der Waals surface area contributed by atoms with Crippen LogP contribution in [0.25, 0.3) is 0 Å². The number of piperidine rings is 1. The number of aryl methyl sites for hydroxylation is 2. The van der Waals surface area contributed by atoms with Crippen molar-refractivity contribution >= 4 is 5.69 Å². The summed E-state index contributed by atoms with van der Waals surface area (Å²) in [7, 11) is 0. The fourth-order valence-corrected chi connectivity index (χ4v) is 2.58. The number of nitrogens with zero attached hydrogens (tertiary/aromatic N) is 3. The number of aromatic nitrogens is 2. The lowest BCUT2D eigenvalue weighted by atomic mass is 10.1. The van der Waals surface area contributed by atoms with E-state index in [4.69, 9.17) is 5.73 Å². The van der Waals surface area contributed by atoms with Crippen LogP contribution in [0, 0.1) is 13.8 Å². The summed E-state index contributed by atoms with van der Waals surface area (Å²) in [5.41, 5.74) is 9.70. The second-order valence-electron chi connectivity index (χ2n) is 4.66. The van der Waals surface area contributed by atoms with E-state index < -0.39 is 0 Å². The summed E-state index contributed by atoms with van der Waals surface area (Å²) in [6, 6.07) is 0.387. The van der Waals surface area contributed by atoms with Crippen molar-refractivity contribution in [3.8, 4) is 0 Å². The predicted molar refractivity (Wildman–Crippen MR) is 66.8 cm³/mol. The van der Waals surface area contributed by atoms with Crippen LogP contribution in [-0.2, 0) is 6.54 Å². The Morgan fingerprint density at radius 2 is 1.94 bits per heavy atom. The molecule has 0 amide bonds. The van der Waals surface area contributed by atoms with Crippen LogP contribution in [0.4, 0.5) is 5.69 Å². The standard InChI is InChI=1S/C12H22N4/c1-4-16-10(3)12(9(2)14-16)15-7-5-11(13)6-8-15/h11H,4-8,13H2,1-3H3. The molecule has 0 aromatic carbocycles. The zero-order chi connectivity index (χ0) is 11.7. The number of rotatable bonds is 2. The normalized spacial score (nSPS) is 18.1. The largest absolute Gasteiger partial charge is 0.368 e. The van der Waals surface area contributed by atoms with Crippen LogP contribution in [0.15, 0.2) is 0 Å². The molecule has 0 bridgehead atoms. The van der Waals surface area contributed by atoms with Crippen LogP contribution in [0.1, 0.15) is 31.2 Å². The topological polar surface area (TPSA) is 47.1 Å². The van der Waals surface area contributed by atoms with E-state index in [2.05, 4.69) is 35.5 Å². The van der Waals surface area contributed by atoms with Crippen molar-refractivity contribution in [1.82, 2.24) is 9.78 Å². The molecule has 2 rings (SSSR count). The van der Waals surface area contributed by atoms with Gasteiger partial charge in [-0.15, -0.1) is 0 Å². The van der Waals surface area contributed by atoms with Crippen LogP contribution in [-0.4, -0.2) is 28.9 Å². The molecule has 2 N–H and O–H groups in total. The highest BCUT2D eigenvalue weighted by Gasteiger charge is 2.21. The number of hydrogen-bond acceptors (Lipinski definition) is 3. The van der Waals surface area contributed by atoms with Gasteiger partial charge in [0.2, 0.25) is 0 Å². The highest BCUT2D eigenvalue weighted by molar-refractivity contribution is 5.55. The Morgan fingerprint density at radius 1 is 1.31 bits per heavy atom. The molecule has 4 nitrogen and oxygen atoms in total. The van der Waals surface area contributed by atoms with Crippen molar-refractivity contribution in [3.05, 3.63) is 11.4 Å². The van der Waals surface area contributed by atoms with E-state index >= 15 is 0 Å². The first-order valence-corrected chi connectivity index (χ1v) is 6.18. The molecule has 90 valence electrons. The zero-order valence-electron chi connectivity index (χ0n) is 10.5. The van der Waals surface area contributed by atoms with Crippen LogP contribution in [0.5, 0.6) is 0 Å². The highest BCUT2D eigenvalue weighted by Crippen LogP contribution is 2.26. The summed E-state index contributed by atoms with van der Waals surface area (Å²) in [4.78, 5) is 2.44. The molecule has 16 heavy (non-hydrogen) atoms. The summed E-state index contributed by atoms with van der Waals surface area (Å²) in [6.45, 7) is 9.47. The third-order valence-electron chi connectivity index (χ3n) is 3.50. The van der Waals surface area contributed by atoms with E-state index in [0.717, 1.165) is 38.2 Å². The van der Waals surface area contributed by atoms with Crippen molar-refractivity contribution in [2.75, 3.05) is 18.0 Å². The van der Waals surface area contributed by atoms with Gasteiger partial charge < -0.3 is 10.6 Å². The maximum Gasteiger partial charge on any atom is 0.0830 e. The fourth-order valence-electron chi connectivity index (χ4n) is 2.58. The second kappa shape index (κ2) is 4.45. The van der Waals surface area contributed by atoms with Crippen molar-refractivity contribution < 1.29 is 0 Å². The first kappa shape index (κ1) is 11.5. The summed E-state index contributed by atoms with van der Waals surface area (Å²) in [5, 5.41) is 4.57. The van der Waals surface area contributed by atoms with Crippen molar-refractivity contribution in [3.63, 3.8) is 0 Å². The first-order valence-electron chi connectivity index (χ1n) is 6.18. The molecule has 1 aliphatic heterocycles. The smallest absolute Gasteiger partial charge is 0.0830 e. The molecule has 4 heteroatoms. The molecule has 0 atom stereocenters. The molecule has 1 aromatic heterocycles. The Hall–Kier alpha value is -1.03. The van der Waals surface area contributed by atoms with Gasteiger partial charge in [0.15, 0.2) is 0 Å². The molecule has 1 aromatic rings. The van der Waals surface area contributed by atoms with Crippen LogP contribution >= 0.6 is 0 Å². The van der Waals surface area contributed by atoms with E-state index in [1.807, 2.05) is 0 Å². The van der Waals surface area contributed by atoms with Crippen molar-refractivity contribution in [2.45, 2.75) is 46.2 Å². The van der Waals surface area contributed by atoms with Gasteiger partial charge in [-0.3, -0.25) is 4.68 Å². The average Bonchev–Trinajstić information content (AvgIpc) is 2.56. The van der Waals surface area contributed by atoms with Gasteiger partial charge in [0.25, 0.3) is 0 Å². The quantitative estimate of drug-likeness (QED) is 0.824. The third kappa shape index (κ3) is 1.94. The van der Waals surface area contributed by atoms with Gasteiger partial charge in [0.05, 0.1) is 17.1 Å². The number of nitrogens with two attached hydrogens (primary N) is 1. The van der Waals surface area contributed by atoms with E-state index in [9.17, 15) is 0 Å². The Morgan fingerprint density at radius 3 is 2.44 bits per heavy atom. The molecule has 0 saturated carbocycles. The lowest BCUT2D eigenvalue weighted by Gasteiger charge is -2.32. The lowest BCUT2D eigenvalue weighted by molar-refractivity contribution is 0.500. The van der Waals surface area contributed by atoms with Crippen LogP contribution in [0.3, 0.4) is 0 Å². The minimum atomic E-state index is 0.387. The molecule has 2 heterocycles. The Kier molecular flexibility index (Phi) is 3.19. The summed E-state index contributed by atoms with van der Waals surface area (Å²) in [6.07, 6.45) is 2.19. The average molecular weight is 222 g/mol. The van der Waals surface area contributed by atoms with Gasteiger partial charge in [0.1, 0.15) is 0 Å². The third-order valence-corrected chi connectivity index (χ3v) is 3.50. The Labute approximate surface area is 97.4 Å². The lowest BCUT2D eigenvalue weighted by Crippen LogP contribution is -2.40. The maximum atomic E-state index is 5.94. The molecule has 0 radical (unpaired) electrons. The summed E-state index contributed by atoms with van der Waals surface area (Å²) in [5.74, 6) is 0. The molecule has 0 spiro atoms. The maximum absolute atomic E-state index is 5.94. The number of hydrogen-bond donors (Lipinski definition) is 1. The molecule has 1 saturated heterocycles. The Bertz CT molecular complexity index is 361.